The van der Waals surface area contributed by atoms with E-state index >= 15 is 0 Å². The standard InChI is InChI=1S/C54H35NO/c1-4-12-36(13-5-1)42-28-32-47-48-33-29-43(37-14-6-2-7-15-37)35-52(48)55(51(47)34-42)44-30-26-39(27-31-44)38-22-24-41(25-23-38)46-19-11-21-50-49-20-10-18-45(53(49)56-54(46)50)40-16-8-3-9-17-40/h1-35H. The molecule has 2 heterocycles. The molecule has 0 spiro atoms. The van der Waals surface area contributed by atoms with Gasteiger partial charge in [0.1, 0.15) is 11.2 Å². The van der Waals surface area contributed by atoms with Gasteiger partial charge >= 0.3 is 0 Å². The number of hydrogen-bond donors (Lipinski definition) is 0. The Bertz CT molecular complexity index is 3090. The number of hydrogen-bond acceptors (Lipinski definition) is 1. The van der Waals surface area contributed by atoms with E-state index in [-0.39, 0.29) is 0 Å². The van der Waals surface area contributed by atoms with Crippen molar-refractivity contribution in [3.05, 3.63) is 212 Å². The largest absolute Gasteiger partial charge is 0.455 e. The van der Waals surface area contributed by atoms with Crippen LogP contribution >= 0.6 is 0 Å². The van der Waals surface area contributed by atoms with Crippen LogP contribution in [-0.2, 0) is 0 Å². The summed E-state index contributed by atoms with van der Waals surface area (Å²) in [6, 6.07) is 76.3. The Morgan fingerprint density at radius 2 is 0.643 bits per heavy atom. The van der Waals surface area contributed by atoms with Crippen molar-refractivity contribution in [3.8, 4) is 61.3 Å². The molecule has 56 heavy (non-hydrogen) atoms. The second kappa shape index (κ2) is 13.2. The third kappa shape index (κ3) is 5.34. The summed E-state index contributed by atoms with van der Waals surface area (Å²) in [7, 11) is 0. The van der Waals surface area contributed by atoms with E-state index in [2.05, 4.69) is 211 Å². The first-order valence-electron chi connectivity index (χ1n) is 19.2. The molecule has 0 unspecified atom stereocenters. The molecule has 0 amide bonds. The van der Waals surface area contributed by atoms with Gasteiger partial charge in [0.25, 0.3) is 0 Å². The Labute approximate surface area is 325 Å². The zero-order valence-electron chi connectivity index (χ0n) is 30.6. The number of aromatic nitrogens is 1. The van der Waals surface area contributed by atoms with Crippen LogP contribution in [0.25, 0.3) is 105 Å². The van der Waals surface area contributed by atoms with Crippen LogP contribution in [0.4, 0.5) is 0 Å². The average Bonchev–Trinajstić information content (AvgIpc) is 3.83. The van der Waals surface area contributed by atoms with Crippen LogP contribution in [0.3, 0.4) is 0 Å². The highest BCUT2D eigenvalue weighted by Gasteiger charge is 2.17. The van der Waals surface area contributed by atoms with Gasteiger partial charge in [-0.15, -0.1) is 0 Å². The Kier molecular flexibility index (Phi) is 7.53. The number of benzene rings is 9. The molecule has 11 aromatic rings. The van der Waals surface area contributed by atoms with Crippen molar-refractivity contribution in [1.82, 2.24) is 4.57 Å². The molecule has 0 saturated heterocycles. The highest BCUT2D eigenvalue weighted by Crippen LogP contribution is 2.41. The maximum Gasteiger partial charge on any atom is 0.143 e. The van der Waals surface area contributed by atoms with Crippen LogP contribution in [0, 0.1) is 0 Å². The van der Waals surface area contributed by atoms with E-state index in [4.69, 9.17) is 4.42 Å². The van der Waals surface area contributed by atoms with E-state index in [1.165, 1.54) is 55.2 Å². The monoisotopic (exact) mass is 713 g/mol. The quantitative estimate of drug-likeness (QED) is 0.168. The third-order valence-electron chi connectivity index (χ3n) is 11.2. The Balaban J connectivity index is 0.979. The highest BCUT2D eigenvalue weighted by molar-refractivity contribution is 6.13. The van der Waals surface area contributed by atoms with Gasteiger partial charge in [-0.25, -0.2) is 0 Å². The highest BCUT2D eigenvalue weighted by atomic mass is 16.3. The lowest BCUT2D eigenvalue weighted by Gasteiger charge is -2.11. The van der Waals surface area contributed by atoms with Crippen LogP contribution in [0.1, 0.15) is 0 Å². The number of para-hydroxylation sites is 2. The van der Waals surface area contributed by atoms with Crippen LogP contribution in [0.5, 0.6) is 0 Å². The molecule has 0 fully saturated rings. The van der Waals surface area contributed by atoms with Crippen molar-refractivity contribution in [2.24, 2.45) is 0 Å². The van der Waals surface area contributed by atoms with Gasteiger partial charge in [0.15, 0.2) is 0 Å². The number of nitrogens with zero attached hydrogens (tertiary/aromatic N) is 1. The lowest BCUT2D eigenvalue weighted by atomic mass is 9.98. The fourth-order valence-corrected chi connectivity index (χ4v) is 8.45. The van der Waals surface area contributed by atoms with Crippen molar-refractivity contribution >= 4 is 43.7 Å². The van der Waals surface area contributed by atoms with Gasteiger partial charge in [-0.2, -0.15) is 0 Å². The zero-order chi connectivity index (χ0) is 37.0. The number of fused-ring (bicyclic) bond motifs is 6. The molecule has 0 atom stereocenters. The summed E-state index contributed by atoms with van der Waals surface area (Å²) >= 11 is 0. The maximum absolute atomic E-state index is 6.71. The molecule has 0 bridgehead atoms. The molecule has 262 valence electrons. The summed E-state index contributed by atoms with van der Waals surface area (Å²) < 4.78 is 9.13. The number of furan rings is 1. The molecule has 0 radical (unpaired) electrons. The predicted molar refractivity (Wildman–Crippen MR) is 235 cm³/mol. The fourth-order valence-electron chi connectivity index (χ4n) is 8.45. The third-order valence-corrected chi connectivity index (χ3v) is 11.2. The summed E-state index contributed by atoms with van der Waals surface area (Å²) in [6.45, 7) is 0. The van der Waals surface area contributed by atoms with Crippen LogP contribution < -0.4 is 0 Å². The second-order valence-electron chi connectivity index (χ2n) is 14.5. The molecule has 0 aliphatic rings. The fraction of sp³-hybridized carbons (Fsp3) is 0. The minimum absolute atomic E-state index is 0.917. The van der Waals surface area contributed by atoms with Crippen molar-refractivity contribution < 1.29 is 4.42 Å². The second-order valence-corrected chi connectivity index (χ2v) is 14.5. The predicted octanol–water partition coefficient (Wildman–Crippen LogP) is 15.0. The molecular weight excluding hydrogens is 679 g/mol. The summed E-state index contributed by atoms with van der Waals surface area (Å²) in [4.78, 5) is 0. The first-order chi connectivity index (χ1) is 27.8. The minimum Gasteiger partial charge on any atom is -0.455 e. The van der Waals surface area contributed by atoms with Gasteiger partial charge in [-0.05, 0) is 68.8 Å². The lowest BCUT2D eigenvalue weighted by molar-refractivity contribution is 0.671. The molecule has 2 heteroatoms. The molecule has 0 aliphatic heterocycles. The van der Waals surface area contributed by atoms with E-state index in [1.807, 2.05) is 6.07 Å². The number of rotatable bonds is 6. The molecule has 2 nitrogen and oxygen atoms in total. The van der Waals surface area contributed by atoms with Gasteiger partial charge in [0, 0.05) is 38.4 Å². The van der Waals surface area contributed by atoms with Crippen LogP contribution in [0.15, 0.2) is 217 Å². The molecule has 11 rings (SSSR count). The molecular formula is C54H35NO. The van der Waals surface area contributed by atoms with Gasteiger partial charge in [0.05, 0.1) is 11.0 Å². The van der Waals surface area contributed by atoms with E-state index in [0.29, 0.717) is 0 Å². The normalized spacial score (nSPS) is 11.6. The first kappa shape index (κ1) is 32.0. The Hall–Kier alpha value is -7.42. The zero-order valence-corrected chi connectivity index (χ0v) is 30.6. The van der Waals surface area contributed by atoms with Crippen molar-refractivity contribution in [3.63, 3.8) is 0 Å². The first-order valence-corrected chi connectivity index (χ1v) is 19.2. The minimum atomic E-state index is 0.917. The smallest absolute Gasteiger partial charge is 0.143 e. The maximum atomic E-state index is 6.71. The van der Waals surface area contributed by atoms with Crippen LogP contribution in [0.2, 0.25) is 0 Å². The summed E-state index contributed by atoms with van der Waals surface area (Å²) in [5.41, 5.74) is 17.0. The molecule has 9 aromatic carbocycles. The average molecular weight is 714 g/mol. The van der Waals surface area contributed by atoms with Crippen LogP contribution in [-0.4, -0.2) is 4.57 Å². The topological polar surface area (TPSA) is 18.1 Å². The van der Waals surface area contributed by atoms with Crippen molar-refractivity contribution in [2.45, 2.75) is 0 Å². The summed E-state index contributed by atoms with van der Waals surface area (Å²) in [6.07, 6.45) is 0. The van der Waals surface area contributed by atoms with E-state index in [9.17, 15) is 0 Å². The molecule has 2 aromatic heterocycles. The Morgan fingerprint density at radius 1 is 0.268 bits per heavy atom. The molecule has 0 saturated carbocycles. The SMILES string of the molecule is c1ccc(-c2ccc3c4ccc(-c5ccccc5)cc4n(-c4ccc(-c5ccc(-c6cccc7c6oc6c(-c8ccccc8)cccc67)cc5)cc4)c3c2)cc1. The van der Waals surface area contributed by atoms with E-state index in [1.54, 1.807) is 0 Å². The van der Waals surface area contributed by atoms with Gasteiger partial charge < -0.3 is 8.98 Å². The molecule has 0 N–H and O–H groups in total. The summed E-state index contributed by atoms with van der Waals surface area (Å²) in [5.74, 6) is 0. The molecule has 0 aliphatic carbocycles. The lowest BCUT2D eigenvalue weighted by Crippen LogP contribution is -1.94. The Morgan fingerprint density at radius 3 is 1.12 bits per heavy atom. The van der Waals surface area contributed by atoms with E-state index < -0.39 is 0 Å². The summed E-state index contributed by atoms with van der Waals surface area (Å²) in [5, 5.41) is 4.76. The van der Waals surface area contributed by atoms with Gasteiger partial charge in [0.2, 0.25) is 0 Å². The van der Waals surface area contributed by atoms with Crippen molar-refractivity contribution in [2.75, 3.05) is 0 Å². The van der Waals surface area contributed by atoms with Gasteiger partial charge in [-0.1, -0.05) is 188 Å². The van der Waals surface area contributed by atoms with Gasteiger partial charge in [-0.3, -0.25) is 0 Å². The van der Waals surface area contributed by atoms with E-state index in [0.717, 1.165) is 49.9 Å². The van der Waals surface area contributed by atoms with Crippen molar-refractivity contribution in [1.29, 1.82) is 0 Å².